The van der Waals surface area contributed by atoms with Gasteiger partial charge in [-0.1, -0.05) is 20.8 Å². The number of fused-ring (bicyclic) bond motifs is 1. The van der Waals surface area contributed by atoms with Crippen LogP contribution in [-0.2, 0) is 11.8 Å². The van der Waals surface area contributed by atoms with Crippen LogP contribution in [0.4, 0.5) is 0 Å². The lowest BCUT2D eigenvalue weighted by atomic mass is 9.95. The molecule has 3 heterocycles. The van der Waals surface area contributed by atoms with Crippen LogP contribution >= 0.6 is 22.7 Å². The normalized spacial score (nSPS) is 14.0. The molecule has 0 aromatic carbocycles. The van der Waals surface area contributed by atoms with E-state index < -0.39 is 6.10 Å². The first-order valence-electron chi connectivity index (χ1n) is 6.63. The van der Waals surface area contributed by atoms with E-state index in [1.807, 2.05) is 28.2 Å². The molecule has 3 rings (SSSR count). The Balaban J connectivity index is 1.77. The zero-order valence-corrected chi connectivity index (χ0v) is 13.5. The van der Waals surface area contributed by atoms with Gasteiger partial charge in [0.1, 0.15) is 0 Å². The van der Waals surface area contributed by atoms with Crippen molar-refractivity contribution in [3.8, 4) is 0 Å². The Kier molecular flexibility index (Phi) is 3.44. The fraction of sp³-hybridized carbons (Fsp3) is 0.400. The van der Waals surface area contributed by atoms with E-state index in [4.69, 9.17) is 0 Å². The number of aliphatic hydroxyl groups excluding tert-OH is 1. The number of rotatable bonds is 3. The van der Waals surface area contributed by atoms with Gasteiger partial charge in [-0.15, -0.1) is 22.7 Å². The van der Waals surface area contributed by atoms with E-state index in [0.29, 0.717) is 6.42 Å². The van der Waals surface area contributed by atoms with E-state index in [9.17, 15) is 5.11 Å². The zero-order chi connectivity index (χ0) is 14.3. The van der Waals surface area contributed by atoms with Crippen molar-refractivity contribution in [1.29, 1.82) is 0 Å². The number of hydrogen-bond acceptors (Lipinski definition) is 4. The number of nitrogens with zero attached hydrogens (tertiary/aromatic N) is 2. The largest absolute Gasteiger partial charge is 0.387 e. The van der Waals surface area contributed by atoms with Crippen LogP contribution in [0.5, 0.6) is 0 Å². The minimum atomic E-state index is -0.472. The molecule has 0 aliphatic rings. The van der Waals surface area contributed by atoms with Gasteiger partial charge in [0.2, 0.25) is 0 Å². The molecular weight excluding hydrogens is 288 g/mol. The van der Waals surface area contributed by atoms with E-state index in [1.54, 1.807) is 22.7 Å². The van der Waals surface area contributed by atoms with Gasteiger partial charge in [-0.3, -0.25) is 4.40 Å². The SMILES string of the molecule is CC(C)(C)c1ccc(C(O)Cc2cn3ccsc3n2)s1. The lowest BCUT2D eigenvalue weighted by Gasteiger charge is -2.15. The Morgan fingerprint density at radius 1 is 1.35 bits per heavy atom. The molecule has 3 aromatic heterocycles. The second-order valence-corrected chi connectivity index (χ2v) is 7.99. The third-order valence-electron chi connectivity index (χ3n) is 3.24. The first kappa shape index (κ1) is 13.8. The number of aromatic nitrogens is 2. The predicted octanol–water partition coefficient (Wildman–Crippen LogP) is 4.03. The molecule has 0 saturated heterocycles. The van der Waals surface area contributed by atoms with Crippen LogP contribution in [0.2, 0.25) is 0 Å². The summed E-state index contributed by atoms with van der Waals surface area (Å²) in [4.78, 5) is 7.82. The third-order valence-corrected chi connectivity index (χ3v) is 5.62. The standard InChI is InChI=1S/C15H18N2OS2/c1-15(2,3)13-5-4-12(20-13)11(18)8-10-9-17-6-7-19-14(17)16-10/h4-7,9,11,18H,8H2,1-3H3. The molecule has 1 N–H and O–H groups in total. The maximum atomic E-state index is 10.4. The van der Waals surface area contributed by atoms with Gasteiger partial charge >= 0.3 is 0 Å². The van der Waals surface area contributed by atoms with Crippen molar-refractivity contribution in [2.24, 2.45) is 0 Å². The van der Waals surface area contributed by atoms with Gasteiger partial charge in [0.25, 0.3) is 0 Å². The number of hydrogen-bond donors (Lipinski definition) is 1. The number of imidazole rings is 1. The molecule has 0 aliphatic carbocycles. The van der Waals surface area contributed by atoms with E-state index >= 15 is 0 Å². The topological polar surface area (TPSA) is 37.5 Å². The van der Waals surface area contributed by atoms with Crippen LogP contribution in [0.25, 0.3) is 4.96 Å². The summed E-state index contributed by atoms with van der Waals surface area (Å²) in [6, 6.07) is 4.16. The van der Waals surface area contributed by atoms with Gasteiger partial charge in [0, 0.05) is 33.9 Å². The number of thiophene rings is 1. The summed E-state index contributed by atoms with van der Waals surface area (Å²) in [5.41, 5.74) is 1.08. The molecule has 0 radical (unpaired) electrons. The monoisotopic (exact) mass is 306 g/mol. The Morgan fingerprint density at radius 3 is 2.80 bits per heavy atom. The van der Waals surface area contributed by atoms with Gasteiger partial charge in [0.05, 0.1) is 11.8 Å². The van der Waals surface area contributed by atoms with Gasteiger partial charge in [-0.25, -0.2) is 4.98 Å². The Hall–Kier alpha value is -1.17. The summed E-state index contributed by atoms with van der Waals surface area (Å²) >= 11 is 3.31. The van der Waals surface area contributed by atoms with Crippen LogP contribution in [0, 0.1) is 0 Å². The van der Waals surface area contributed by atoms with E-state index in [0.717, 1.165) is 15.5 Å². The highest BCUT2D eigenvalue weighted by Gasteiger charge is 2.19. The van der Waals surface area contributed by atoms with Crippen LogP contribution in [-0.4, -0.2) is 14.5 Å². The van der Waals surface area contributed by atoms with Crippen molar-refractivity contribution in [2.45, 2.75) is 38.7 Å². The summed E-state index contributed by atoms with van der Waals surface area (Å²) in [5.74, 6) is 0. The Bertz CT molecular complexity index is 689. The maximum Gasteiger partial charge on any atom is 0.193 e. The van der Waals surface area contributed by atoms with Gasteiger partial charge in [0.15, 0.2) is 4.96 Å². The molecule has 20 heavy (non-hydrogen) atoms. The fourth-order valence-corrected chi connectivity index (χ4v) is 3.88. The highest BCUT2D eigenvalue weighted by Crippen LogP contribution is 2.33. The molecule has 106 valence electrons. The maximum absolute atomic E-state index is 10.4. The first-order valence-corrected chi connectivity index (χ1v) is 8.32. The molecule has 3 nitrogen and oxygen atoms in total. The quantitative estimate of drug-likeness (QED) is 0.793. The lowest BCUT2D eigenvalue weighted by Crippen LogP contribution is -2.07. The zero-order valence-electron chi connectivity index (χ0n) is 11.8. The summed E-state index contributed by atoms with van der Waals surface area (Å²) < 4.78 is 2.00. The first-order chi connectivity index (χ1) is 9.43. The van der Waals surface area contributed by atoms with Crippen LogP contribution in [0.15, 0.2) is 29.9 Å². The molecule has 0 saturated carbocycles. The van der Waals surface area contributed by atoms with Gasteiger partial charge in [-0.05, 0) is 17.5 Å². The highest BCUT2D eigenvalue weighted by atomic mass is 32.1. The lowest BCUT2D eigenvalue weighted by molar-refractivity contribution is 0.181. The average Bonchev–Trinajstić information content (AvgIpc) is 3.01. The van der Waals surface area contributed by atoms with Crippen molar-refractivity contribution < 1.29 is 5.11 Å². The Labute approximate surface area is 126 Å². The van der Waals surface area contributed by atoms with Crippen molar-refractivity contribution in [2.75, 3.05) is 0 Å². The van der Waals surface area contributed by atoms with E-state index in [-0.39, 0.29) is 5.41 Å². The third kappa shape index (κ3) is 2.66. The van der Waals surface area contributed by atoms with Crippen LogP contribution in [0.1, 0.15) is 42.3 Å². The molecule has 0 amide bonds. The van der Waals surface area contributed by atoms with Crippen molar-refractivity contribution in [1.82, 2.24) is 9.38 Å². The van der Waals surface area contributed by atoms with Crippen molar-refractivity contribution in [3.63, 3.8) is 0 Å². The second-order valence-electron chi connectivity index (χ2n) is 6.00. The summed E-state index contributed by atoms with van der Waals surface area (Å²) in [6.07, 6.45) is 4.08. The number of thiazole rings is 1. The van der Waals surface area contributed by atoms with E-state index in [1.165, 1.54) is 4.88 Å². The van der Waals surface area contributed by atoms with Gasteiger partial charge in [-0.2, -0.15) is 0 Å². The predicted molar refractivity (Wildman–Crippen MR) is 84.8 cm³/mol. The molecule has 3 aromatic rings. The smallest absolute Gasteiger partial charge is 0.193 e. The summed E-state index contributed by atoms with van der Waals surface area (Å²) in [5, 5.41) is 12.4. The van der Waals surface area contributed by atoms with Gasteiger partial charge < -0.3 is 5.11 Å². The molecule has 1 atom stereocenters. The van der Waals surface area contributed by atoms with Crippen LogP contribution in [0.3, 0.4) is 0 Å². The molecule has 0 spiro atoms. The van der Waals surface area contributed by atoms with Crippen LogP contribution < -0.4 is 0 Å². The molecule has 0 aliphatic heterocycles. The molecule has 5 heteroatoms. The summed E-state index contributed by atoms with van der Waals surface area (Å²) in [7, 11) is 0. The minimum absolute atomic E-state index is 0.139. The molecule has 1 unspecified atom stereocenters. The fourth-order valence-electron chi connectivity index (χ4n) is 2.11. The minimum Gasteiger partial charge on any atom is -0.387 e. The summed E-state index contributed by atoms with van der Waals surface area (Å²) in [6.45, 7) is 6.58. The molecular formula is C15H18N2OS2. The average molecular weight is 306 g/mol. The second kappa shape index (κ2) is 4.98. The Morgan fingerprint density at radius 2 is 2.15 bits per heavy atom. The number of aliphatic hydroxyl groups is 1. The highest BCUT2D eigenvalue weighted by molar-refractivity contribution is 7.15. The molecule has 0 fully saturated rings. The molecule has 0 bridgehead atoms. The van der Waals surface area contributed by atoms with Crippen molar-refractivity contribution in [3.05, 3.63) is 45.4 Å². The van der Waals surface area contributed by atoms with Crippen molar-refractivity contribution >= 4 is 27.6 Å². The van der Waals surface area contributed by atoms with E-state index in [2.05, 4.69) is 31.8 Å².